The molecule has 0 radical (unpaired) electrons. The van der Waals surface area contributed by atoms with Crippen molar-refractivity contribution < 1.29 is 4.79 Å². The van der Waals surface area contributed by atoms with Gasteiger partial charge >= 0.3 is 0 Å². The summed E-state index contributed by atoms with van der Waals surface area (Å²) in [6, 6.07) is 10.3. The molecular weight excluding hydrogens is 414 g/mol. The third-order valence-corrected chi connectivity index (χ3v) is 6.52. The zero-order valence-corrected chi connectivity index (χ0v) is 18.7. The molecule has 3 aromatic heterocycles. The van der Waals surface area contributed by atoms with Crippen molar-refractivity contribution in [1.82, 2.24) is 15.0 Å². The summed E-state index contributed by atoms with van der Waals surface area (Å²) < 4.78 is 0. The first kappa shape index (κ1) is 20.4. The van der Waals surface area contributed by atoms with Gasteiger partial charge in [0.2, 0.25) is 5.91 Å². The van der Waals surface area contributed by atoms with Crippen LogP contribution in [0.3, 0.4) is 0 Å². The molecule has 0 unspecified atom stereocenters. The van der Waals surface area contributed by atoms with Gasteiger partial charge in [-0.3, -0.25) is 4.79 Å². The van der Waals surface area contributed by atoms with Crippen LogP contribution < -0.4 is 10.6 Å². The molecule has 8 heteroatoms. The maximum atomic E-state index is 12.3. The predicted molar refractivity (Wildman–Crippen MR) is 126 cm³/mol. The number of anilines is 2. The van der Waals surface area contributed by atoms with E-state index in [0.717, 1.165) is 32.9 Å². The molecule has 0 fully saturated rings. The Morgan fingerprint density at radius 1 is 1.17 bits per heavy atom. The number of benzene rings is 1. The lowest BCUT2D eigenvalue weighted by Crippen LogP contribution is -2.16. The van der Waals surface area contributed by atoms with Crippen LogP contribution in [0, 0.1) is 6.92 Å². The summed E-state index contributed by atoms with van der Waals surface area (Å²) in [4.78, 5) is 27.8. The van der Waals surface area contributed by atoms with Gasteiger partial charge < -0.3 is 10.6 Å². The molecular formula is C22H23N5OS2. The Kier molecular flexibility index (Phi) is 6.06. The number of rotatable bonds is 7. The van der Waals surface area contributed by atoms with Gasteiger partial charge in [-0.15, -0.1) is 22.7 Å². The third kappa shape index (κ3) is 4.34. The summed E-state index contributed by atoms with van der Waals surface area (Å²) in [5.41, 5.74) is 3.28. The molecule has 3 heterocycles. The maximum absolute atomic E-state index is 12.3. The molecule has 0 saturated carbocycles. The molecule has 4 aromatic rings. The van der Waals surface area contributed by atoms with Crippen LogP contribution in [-0.2, 0) is 4.79 Å². The quantitative estimate of drug-likeness (QED) is 0.388. The number of carbonyl (C=O) groups excluding carboxylic acids is 1. The number of thiazole rings is 1. The normalized spacial score (nSPS) is 11.2. The smallest absolute Gasteiger partial charge is 0.227 e. The van der Waals surface area contributed by atoms with Crippen LogP contribution in [0.5, 0.6) is 0 Å². The lowest BCUT2D eigenvalue weighted by atomic mass is 10.0. The summed E-state index contributed by atoms with van der Waals surface area (Å²) in [6.07, 6.45) is 1.89. The lowest BCUT2D eigenvalue weighted by molar-refractivity contribution is -0.115. The molecule has 1 amide bonds. The number of amides is 1. The largest absolute Gasteiger partial charge is 0.369 e. The van der Waals surface area contributed by atoms with Crippen LogP contribution in [0.25, 0.3) is 21.3 Å². The van der Waals surface area contributed by atoms with Crippen molar-refractivity contribution >= 4 is 49.7 Å². The third-order valence-electron chi connectivity index (χ3n) is 4.73. The molecule has 154 valence electrons. The predicted octanol–water partition coefficient (Wildman–Crippen LogP) is 5.69. The molecule has 0 spiro atoms. The fraction of sp³-hybridized carbons (Fsp3) is 0.273. The van der Waals surface area contributed by atoms with Gasteiger partial charge in [0.15, 0.2) is 5.13 Å². The lowest BCUT2D eigenvalue weighted by Gasteiger charge is -2.09. The van der Waals surface area contributed by atoms with Gasteiger partial charge in [0.1, 0.15) is 17.0 Å². The molecule has 6 nitrogen and oxygen atoms in total. The average Bonchev–Trinajstić information content (AvgIpc) is 3.33. The van der Waals surface area contributed by atoms with E-state index in [2.05, 4.69) is 58.5 Å². The molecule has 2 N–H and O–H groups in total. The summed E-state index contributed by atoms with van der Waals surface area (Å²) in [5, 5.41) is 9.85. The maximum Gasteiger partial charge on any atom is 0.227 e. The van der Waals surface area contributed by atoms with Crippen LogP contribution in [0.4, 0.5) is 10.9 Å². The number of hydrogen-bond acceptors (Lipinski definition) is 7. The Labute approximate surface area is 183 Å². The fourth-order valence-electron chi connectivity index (χ4n) is 3.22. The molecule has 30 heavy (non-hydrogen) atoms. The zero-order valence-electron chi connectivity index (χ0n) is 17.1. The minimum absolute atomic E-state index is 0.0674. The molecule has 0 atom stereocenters. The summed E-state index contributed by atoms with van der Waals surface area (Å²) >= 11 is 3.11. The van der Waals surface area contributed by atoms with Crippen LogP contribution in [-0.4, -0.2) is 27.4 Å². The molecule has 0 bridgehead atoms. The van der Waals surface area contributed by atoms with E-state index in [1.54, 1.807) is 17.7 Å². The molecule has 0 aliphatic heterocycles. The number of fused-ring (bicyclic) bond motifs is 1. The molecule has 4 rings (SSSR count). The second-order valence-corrected chi connectivity index (χ2v) is 9.32. The first-order chi connectivity index (χ1) is 14.5. The van der Waals surface area contributed by atoms with E-state index in [4.69, 9.17) is 0 Å². The van der Waals surface area contributed by atoms with Gasteiger partial charge in [0.25, 0.3) is 0 Å². The molecule has 1 aromatic carbocycles. The van der Waals surface area contributed by atoms with Gasteiger partial charge in [0, 0.05) is 28.8 Å². The van der Waals surface area contributed by atoms with Gasteiger partial charge in [-0.25, -0.2) is 15.0 Å². The number of nitrogens with zero attached hydrogens (tertiary/aromatic N) is 3. The standard InChI is InChI=1S/C22H23N5OS2/c1-13(2)16-11-29-22(26-16)27-17(28)9-10-23-20-19-18(15-7-5-4-6-8-15)14(3)30-21(19)25-12-24-20/h4-8,11-13H,9-10H2,1-3H3,(H,23,24,25)(H,26,27,28). The van der Waals surface area contributed by atoms with Crippen LogP contribution >= 0.6 is 22.7 Å². The van der Waals surface area contributed by atoms with Crippen molar-refractivity contribution in [1.29, 1.82) is 0 Å². The van der Waals surface area contributed by atoms with E-state index in [1.807, 2.05) is 23.6 Å². The van der Waals surface area contributed by atoms with Crippen molar-refractivity contribution in [3.05, 3.63) is 52.6 Å². The van der Waals surface area contributed by atoms with Crippen molar-refractivity contribution in [3.8, 4) is 11.1 Å². The number of thiophene rings is 1. The van der Waals surface area contributed by atoms with Crippen molar-refractivity contribution in [2.24, 2.45) is 0 Å². The number of carbonyl (C=O) groups is 1. The summed E-state index contributed by atoms with van der Waals surface area (Å²) in [7, 11) is 0. The van der Waals surface area contributed by atoms with E-state index in [0.29, 0.717) is 24.0 Å². The summed E-state index contributed by atoms with van der Waals surface area (Å²) in [5.74, 6) is 1.04. The Balaban J connectivity index is 1.47. The number of aryl methyl sites for hydroxylation is 1. The van der Waals surface area contributed by atoms with Crippen molar-refractivity contribution in [3.63, 3.8) is 0 Å². The van der Waals surface area contributed by atoms with Gasteiger partial charge in [0.05, 0.1) is 11.1 Å². The Bertz CT molecular complexity index is 1170. The first-order valence-electron chi connectivity index (χ1n) is 9.81. The van der Waals surface area contributed by atoms with Gasteiger partial charge in [-0.1, -0.05) is 44.2 Å². The van der Waals surface area contributed by atoms with Crippen LogP contribution in [0.15, 0.2) is 42.0 Å². The minimum Gasteiger partial charge on any atom is -0.369 e. The fourth-order valence-corrected chi connectivity index (χ4v) is 5.12. The second kappa shape index (κ2) is 8.89. The number of aromatic nitrogens is 3. The van der Waals surface area contributed by atoms with E-state index >= 15 is 0 Å². The van der Waals surface area contributed by atoms with E-state index in [-0.39, 0.29) is 5.91 Å². The second-order valence-electron chi connectivity index (χ2n) is 7.26. The Hall–Kier alpha value is -2.84. The Morgan fingerprint density at radius 3 is 2.70 bits per heavy atom. The highest BCUT2D eigenvalue weighted by Gasteiger charge is 2.17. The number of hydrogen-bond donors (Lipinski definition) is 2. The van der Waals surface area contributed by atoms with E-state index < -0.39 is 0 Å². The average molecular weight is 438 g/mol. The highest BCUT2D eigenvalue weighted by Crippen LogP contribution is 2.40. The zero-order chi connectivity index (χ0) is 21.1. The van der Waals surface area contributed by atoms with Gasteiger partial charge in [-0.05, 0) is 18.4 Å². The van der Waals surface area contributed by atoms with Gasteiger partial charge in [-0.2, -0.15) is 0 Å². The van der Waals surface area contributed by atoms with Crippen LogP contribution in [0.1, 0.15) is 36.8 Å². The monoisotopic (exact) mass is 437 g/mol. The highest BCUT2D eigenvalue weighted by molar-refractivity contribution is 7.19. The molecule has 0 aliphatic carbocycles. The van der Waals surface area contributed by atoms with Crippen molar-refractivity contribution in [2.45, 2.75) is 33.1 Å². The summed E-state index contributed by atoms with van der Waals surface area (Å²) in [6.45, 7) is 6.75. The van der Waals surface area contributed by atoms with E-state index in [1.165, 1.54) is 16.2 Å². The highest BCUT2D eigenvalue weighted by atomic mass is 32.1. The Morgan fingerprint density at radius 2 is 1.97 bits per heavy atom. The van der Waals surface area contributed by atoms with E-state index in [9.17, 15) is 4.79 Å². The number of nitrogens with one attached hydrogen (secondary N) is 2. The topological polar surface area (TPSA) is 79.8 Å². The van der Waals surface area contributed by atoms with Crippen molar-refractivity contribution in [2.75, 3.05) is 17.2 Å². The minimum atomic E-state index is -0.0674. The SMILES string of the molecule is Cc1sc2ncnc(NCCC(=O)Nc3nc(C(C)C)cs3)c2c1-c1ccccc1. The molecule has 0 saturated heterocycles. The molecule has 0 aliphatic rings. The first-order valence-corrected chi connectivity index (χ1v) is 11.5. The van der Waals surface area contributed by atoms with Crippen LogP contribution in [0.2, 0.25) is 0 Å².